The van der Waals surface area contributed by atoms with Gasteiger partial charge in [-0.05, 0) is 6.42 Å². The van der Waals surface area contributed by atoms with Crippen molar-refractivity contribution in [2.24, 2.45) is 0 Å². The fourth-order valence-corrected chi connectivity index (χ4v) is 25.3. The molecule has 0 unspecified atom stereocenters. The average molecular weight is 730 g/mol. The van der Waals surface area contributed by atoms with E-state index in [1.54, 1.807) is 0 Å². The van der Waals surface area contributed by atoms with Crippen LogP contribution in [0.1, 0.15) is 167 Å². The monoisotopic (exact) mass is 730 g/mol. The molecular weight excluding hydrogens is 663 g/mol. The summed E-state index contributed by atoms with van der Waals surface area (Å²) in [6.45, 7) is 2.31. The summed E-state index contributed by atoms with van der Waals surface area (Å²) in [4.78, 5) is 0. The van der Waals surface area contributed by atoms with E-state index in [-0.39, 0.29) is 6.61 Å². The van der Waals surface area contributed by atoms with Gasteiger partial charge in [0.2, 0.25) is 0 Å². The van der Waals surface area contributed by atoms with Crippen molar-refractivity contribution in [2.75, 3.05) is 6.61 Å². The zero-order chi connectivity index (χ0) is 31.1. The number of hydrogen-bond acceptors (Lipinski definition) is 4. The molecule has 2 N–H and O–H groups in total. The third kappa shape index (κ3) is 17.4. The Labute approximate surface area is 270 Å². The molecule has 3 fully saturated rings. The van der Waals surface area contributed by atoms with Crippen LogP contribution in [0.5, 0.6) is 0 Å². The number of rotatable bonds is 15. The van der Waals surface area contributed by atoms with Gasteiger partial charge in [0.15, 0.2) is 0 Å². The third-order valence-corrected chi connectivity index (χ3v) is 26.8. The smallest absolute Gasteiger partial charge is 0.0623 e. The second-order valence-electron chi connectivity index (χ2n) is 13.5. The Bertz CT molecular complexity index is 791. The molecule has 7 heteroatoms. The van der Waals surface area contributed by atoms with Gasteiger partial charge in [-0.3, -0.25) is 4.55 Å². The van der Waals surface area contributed by atoms with Gasteiger partial charge >= 0.3 is 141 Å². The number of hydrogen-bond donors (Lipinski definition) is 2. The Morgan fingerprint density at radius 3 is 1.16 bits per heavy atom. The molecule has 0 spiro atoms. The van der Waals surface area contributed by atoms with E-state index in [2.05, 4.69) is 11.1 Å². The van der Waals surface area contributed by atoms with E-state index in [4.69, 9.17) is 4.55 Å². The normalized spacial score (nSPS) is 19.1. The van der Waals surface area contributed by atoms with Crippen LogP contribution in [0.3, 0.4) is 0 Å². The topological polar surface area (TPSA) is 83.8 Å². The van der Waals surface area contributed by atoms with Gasteiger partial charge in [-0.15, -0.1) is 0 Å². The molecule has 0 saturated heterocycles. The first-order valence-corrected chi connectivity index (χ1v) is 25.8. The van der Waals surface area contributed by atoms with Gasteiger partial charge in [-0.25, -0.2) is 4.18 Å². The Balaban J connectivity index is 0.000000254. The van der Waals surface area contributed by atoms with Gasteiger partial charge in [0.05, 0.1) is 6.61 Å². The zero-order valence-corrected chi connectivity index (χ0v) is 31.3. The Kier molecular flexibility index (Phi) is 21.9. The molecule has 0 heterocycles. The molecule has 0 bridgehead atoms. The van der Waals surface area contributed by atoms with Gasteiger partial charge in [0.1, 0.15) is 0 Å². The quantitative estimate of drug-likeness (QED) is 0.107. The number of unbranched alkanes of at least 4 members (excludes halogenated alkanes) is 9. The summed E-state index contributed by atoms with van der Waals surface area (Å²) in [6, 6.07) is 12.0. The van der Waals surface area contributed by atoms with Crippen molar-refractivity contribution in [1.82, 2.24) is 0 Å². The SMILES string of the molecule is CCCCCCCCCCCCOS(=O)(=O)O.[OH][Sn]([CH]1CCCCC1)([CH]1CCCCC1)[CH]1CCCCC1.c1ccccc1. The van der Waals surface area contributed by atoms with Crippen LogP contribution < -0.4 is 0 Å². The number of benzene rings is 1. The fourth-order valence-electron chi connectivity index (χ4n) is 7.83. The molecule has 0 atom stereocenters. The molecule has 43 heavy (non-hydrogen) atoms. The van der Waals surface area contributed by atoms with Crippen LogP contribution in [0.15, 0.2) is 36.4 Å². The van der Waals surface area contributed by atoms with Crippen LogP contribution in [0.4, 0.5) is 0 Å². The molecule has 3 aliphatic rings. The first-order chi connectivity index (χ1) is 20.9. The predicted octanol–water partition coefficient (Wildman–Crippen LogP) is 11.3. The third-order valence-electron chi connectivity index (χ3n) is 10.2. The van der Waals surface area contributed by atoms with E-state index in [1.807, 2.05) is 36.4 Å². The first kappa shape index (κ1) is 39.0. The van der Waals surface area contributed by atoms with Gasteiger partial charge in [-0.1, -0.05) is 101 Å². The van der Waals surface area contributed by atoms with E-state index in [9.17, 15) is 11.9 Å². The molecule has 0 aromatic heterocycles. The van der Waals surface area contributed by atoms with Crippen LogP contribution in [0, 0.1) is 0 Å². The van der Waals surface area contributed by atoms with Crippen molar-refractivity contribution < 1.29 is 20.6 Å². The van der Waals surface area contributed by atoms with Gasteiger partial charge < -0.3 is 0 Å². The Morgan fingerprint density at radius 2 is 0.860 bits per heavy atom. The van der Waals surface area contributed by atoms with E-state index in [1.165, 1.54) is 141 Å². The maximum Gasteiger partial charge on any atom is -0.0623 e. The van der Waals surface area contributed by atoms with Crippen molar-refractivity contribution in [3.63, 3.8) is 0 Å². The maximum absolute atomic E-state index is 12.1. The van der Waals surface area contributed by atoms with E-state index in [0.29, 0.717) is 6.42 Å². The van der Waals surface area contributed by atoms with Crippen LogP contribution in [0.2, 0.25) is 11.8 Å². The van der Waals surface area contributed by atoms with Crippen LogP contribution in [0.25, 0.3) is 0 Å². The molecule has 4 rings (SSSR count). The van der Waals surface area contributed by atoms with Gasteiger partial charge in [0.25, 0.3) is 0 Å². The zero-order valence-electron chi connectivity index (χ0n) is 27.6. The van der Waals surface area contributed by atoms with Crippen molar-refractivity contribution in [1.29, 1.82) is 0 Å². The average Bonchev–Trinajstić information content (AvgIpc) is 3.05. The molecule has 5 nitrogen and oxygen atoms in total. The summed E-state index contributed by atoms with van der Waals surface area (Å²) < 4.78 is 47.6. The first-order valence-electron chi connectivity index (χ1n) is 18.2. The Morgan fingerprint density at radius 1 is 0.558 bits per heavy atom. The molecule has 3 saturated carbocycles. The van der Waals surface area contributed by atoms with Crippen LogP contribution in [-0.4, -0.2) is 41.8 Å². The minimum atomic E-state index is -4.23. The van der Waals surface area contributed by atoms with Gasteiger partial charge in [0, 0.05) is 0 Å². The van der Waals surface area contributed by atoms with Crippen molar-refractivity contribution in [2.45, 2.75) is 179 Å². The molecular formula is C36H66O5SSn. The minimum Gasteiger partial charge on any atom is -0.0623 e. The summed E-state index contributed by atoms with van der Waals surface area (Å²) in [5.74, 6) is 0. The minimum absolute atomic E-state index is 0.0926. The van der Waals surface area contributed by atoms with Crippen molar-refractivity contribution >= 4 is 29.2 Å². The van der Waals surface area contributed by atoms with E-state index < -0.39 is 29.2 Å². The molecule has 0 amide bonds. The molecule has 0 aliphatic heterocycles. The van der Waals surface area contributed by atoms with Gasteiger partial charge in [-0.2, -0.15) is 8.42 Å². The second kappa shape index (κ2) is 24.1. The summed E-state index contributed by atoms with van der Waals surface area (Å²) in [5, 5.41) is 0. The molecule has 1 aromatic rings. The summed E-state index contributed by atoms with van der Waals surface area (Å²) in [7, 11) is -4.23. The second-order valence-corrected chi connectivity index (χ2v) is 26.6. The molecule has 1 aromatic carbocycles. The van der Waals surface area contributed by atoms with E-state index in [0.717, 1.165) is 24.6 Å². The maximum atomic E-state index is 12.1. The fraction of sp³-hybridized carbons (Fsp3) is 0.833. The molecule has 250 valence electrons. The molecule has 0 radical (unpaired) electrons. The Hall–Kier alpha value is -0.151. The van der Waals surface area contributed by atoms with Crippen molar-refractivity contribution in [3.05, 3.63) is 36.4 Å². The van der Waals surface area contributed by atoms with Crippen molar-refractivity contribution in [3.8, 4) is 0 Å². The van der Waals surface area contributed by atoms with Crippen LogP contribution in [-0.2, 0) is 14.6 Å². The van der Waals surface area contributed by atoms with E-state index >= 15 is 0 Å². The molecule has 3 aliphatic carbocycles. The predicted molar refractivity (Wildman–Crippen MR) is 184 cm³/mol. The summed E-state index contributed by atoms with van der Waals surface area (Å²) >= 11 is -2.95. The van der Waals surface area contributed by atoms with Crippen LogP contribution >= 0.6 is 0 Å². The summed E-state index contributed by atoms with van der Waals surface area (Å²) in [5.41, 5.74) is 0. The summed E-state index contributed by atoms with van der Waals surface area (Å²) in [6.07, 6.45) is 33.1. The standard InChI is InChI=1S/C12H26O4S.3C6H11.C6H6.H2O.Sn/c1-2-3-4-5-6-7-8-9-10-11-12-16-17(13,14)15;4*1-2-4-6-5-3-1;;/h2-12H2,1H3,(H,13,14,15);3*1H,2-6H2;1-6H;1H2;/q;;;;;;+1/p-1. The largest absolute Gasteiger partial charge is 0.0623 e.